The van der Waals surface area contributed by atoms with Crippen molar-refractivity contribution in [3.63, 3.8) is 0 Å². The van der Waals surface area contributed by atoms with Crippen molar-refractivity contribution in [2.75, 3.05) is 19.6 Å². The molecule has 1 aliphatic rings. The molecule has 0 spiro atoms. The van der Waals surface area contributed by atoms with Crippen molar-refractivity contribution in [2.45, 2.75) is 32.7 Å². The monoisotopic (exact) mass is 250 g/mol. The van der Waals surface area contributed by atoms with Gasteiger partial charge in [-0.15, -0.1) is 0 Å². The fourth-order valence-electron chi connectivity index (χ4n) is 2.24. The molecule has 1 saturated heterocycles. The predicted octanol–water partition coefficient (Wildman–Crippen LogP) is 0.732. The third kappa shape index (κ3) is 3.32. The van der Waals surface area contributed by atoms with Gasteiger partial charge in [0.05, 0.1) is 6.33 Å². The first-order valence-corrected chi connectivity index (χ1v) is 6.64. The van der Waals surface area contributed by atoms with E-state index >= 15 is 0 Å². The van der Waals surface area contributed by atoms with Gasteiger partial charge in [-0.25, -0.2) is 4.98 Å². The van der Waals surface area contributed by atoms with Crippen LogP contribution in [0.1, 0.15) is 31.9 Å². The molecule has 2 N–H and O–H groups in total. The van der Waals surface area contributed by atoms with Crippen molar-refractivity contribution in [1.82, 2.24) is 20.2 Å². The first-order valence-electron chi connectivity index (χ1n) is 6.64. The molecule has 1 fully saturated rings. The van der Waals surface area contributed by atoms with Crippen LogP contribution in [0.15, 0.2) is 12.5 Å². The van der Waals surface area contributed by atoms with Crippen LogP contribution in [0.2, 0.25) is 0 Å². The molecule has 1 atom stereocenters. The van der Waals surface area contributed by atoms with Gasteiger partial charge in [-0.1, -0.05) is 13.8 Å². The molecule has 1 amide bonds. The van der Waals surface area contributed by atoms with E-state index in [1.165, 1.54) is 5.69 Å². The van der Waals surface area contributed by atoms with E-state index in [-0.39, 0.29) is 5.91 Å². The predicted molar refractivity (Wildman–Crippen MR) is 70.3 cm³/mol. The highest BCUT2D eigenvalue weighted by Crippen LogP contribution is 2.21. The van der Waals surface area contributed by atoms with Crippen LogP contribution in [0.25, 0.3) is 0 Å². The number of hydrogen-bond acceptors (Lipinski definition) is 3. The Balaban J connectivity index is 1.92. The Hall–Kier alpha value is -1.36. The normalized spacial score (nSPS) is 19.4. The highest BCUT2D eigenvalue weighted by molar-refractivity contribution is 5.75. The minimum absolute atomic E-state index is 0.0638. The summed E-state index contributed by atoms with van der Waals surface area (Å²) in [6, 6.07) is 0. The zero-order valence-electron chi connectivity index (χ0n) is 11.1. The van der Waals surface area contributed by atoms with Gasteiger partial charge in [0.2, 0.25) is 5.91 Å². The van der Waals surface area contributed by atoms with Gasteiger partial charge in [-0.3, -0.25) is 4.79 Å². The maximum Gasteiger partial charge on any atom is 0.239 e. The summed E-state index contributed by atoms with van der Waals surface area (Å²) < 4.78 is 1.97. The van der Waals surface area contributed by atoms with Gasteiger partial charge in [-0.05, 0) is 18.9 Å². The summed E-state index contributed by atoms with van der Waals surface area (Å²) in [7, 11) is 0. The van der Waals surface area contributed by atoms with Gasteiger partial charge in [0.15, 0.2) is 0 Å². The highest BCUT2D eigenvalue weighted by atomic mass is 16.1. The number of nitrogens with zero attached hydrogens (tertiary/aromatic N) is 2. The molecule has 0 aromatic carbocycles. The second kappa shape index (κ2) is 6.00. The van der Waals surface area contributed by atoms with Gasteiger partial charge in [0.1, 0.15) is 6.54 Å². The van der Waals surface area contributed by atoms with Crippen LogP contribution >= 0.6 is 0 Å². The first-order chi connectivity index (χ1) is 8.66. The van der Waals surface area contributed by atoms with Crippen molar-refractivity contribution in [3.05, 3.63) is 18.2 Å². The van der Waals surface area contributed by atoms with Crippen molar-refractivity contribution < 1.29 is 4.79 Å². The molecular formula is C13H22N4O. The molecule has 5 nitrogen and oxygen atoms in total. The average Bonchev–Trinajstić information content (AvgIpc) is 2.95. The van der Waals surface area contributed by atoms with Crippen LogP contribution in [0.5, 0.6) is 0 Å². The lowest BCUT2D eigenvalue weighted by molar-refractivity contribution is -0.121. The third-order valence-corrected chi connectivity index (χ3v) is 3.24. The van der Waals surface area contributed by atoms with Crippen LogP contribution < -0.4 is 10.6 Å². The number of hydrogen-bond donors (Lipinski definition) is 2. The van der Waals surface area contributed by atoms with Gasteiger partial charge < -0.3 is 15.2 Å². The molecule has 2 heterocycles. The Kier molecular flexibility index (Phi) is 4.36. The maximum absolute atomic E-state index is 11.8. The smallest absolute Gasteiger partial charge is 0.239 e. The Morgan fingerprint density at radius 1 is 1.67 bits per heavy atom. The van der Waals surface area contributed by atoms with Crippen LogP contribution in [0.4, 0.5) is 0 Å². The second-order valence-electron chi connectivity index (χ2n) is 5.33. The fraction of sp³-hybridized carbons (Fsp3) is 0.692. The molecule has 1 aliphatic heterocycles. The summed E-state index contributed by atoms with van der Waals surface area (Å²) in [6.07, 6.45) is 4.76. The standard InChI is InChI=1S/C13H22N4O/c1-10(2)5-16-13(18)8-17-9-15-7-12(17)11-3-4-14-6-11/h7,9-11,14H,3-6,8H2,1-2H3,(H,16,18). The Labute approximate surface area is 108 Å². The highest BCUT2D eigenvalue weighted by Gasteiger charge is 2.20. The van der Waals surface area contributed by atoms with Crippen molar-refractivity contribution in [3.8, 4) is 0 Å². The molecule has 0 bridgehead atoms. The van der Waals surface area contributed by atoms with E-state index in [0.29, 0.717) is 18.4 Å². The van der Waals surface area contributed by atoms with Gasteiger partial charge in [0.25, 0.3) is 0 Å². The quantitative estimate of drug-likeness (QED) is 0.810. The summed E-state index contributed by atoms with van der Waals surface area (Å²) in [5, 5.41) is 6.27. The van der Waals surface area contributed by atoms with E-state index in [0.717, 1.165) is 26.1 Å². The zero-order valence-corrected chi connectivity index (χ0v) is 11.1. The van der Waals surface area contributed by atoms with Gasteiger partial charge in [0, 0.05) is 30.9 Å². The summed E-state index contributed by atoms with van der Waals surface area (Å²) in [5.74, 6) is 1.04. The minimum atomic E-state index is 0.0638. The molecule has 18 heavy (non-hydrogen) atoms. The molecule has 0 saturated carbocycles. The van der Waals surface area contributed by atoms with Crippen LogP contribution in [-0.4, -0.2) is 35.1 Å². The largest absolute Gasteiger partial charge is 0.354 e. The van der Waals surface area contributed by atoms with Crippen molar-refractivity contribution in [2.24, 2.45) is 5.92 Å². The van der Waals surface area contributed by atoms with Crippen LogP contribution in [-0.2, 0) is 11.3 Å². The minimum Gasteiger partial charge on any atom is -0.354 e. The molecule has 100 valence electrons. The maximum atomic E-state index is 11.8. The lowest BCUT2D eigenvalue weighted by Crippen LogP contribution is -2.31. The third-order valence-electron chi connectivity index (χ3n) is 3.24. The molecule has 1 aromatic rings. The average molecular weight is 250 g/mol. The number of rotatable bonds is 5. The summed E-state index contributed by atoms with van der Waals surface area (Å²) in [4.78, 5) is 16.0. The lowest BCUT2D eigenvalue weighted by atomic mass is 10.1. The van der Waals surface area contributed by atoms with Crippen molar-refractivity contribution in [1.29, 1.82) is 0 Å². The Morgan fingerprint density at radius 3 is 3.17 bits per heavy atom. The number of amides is 1. The second-order valence-corrected chi connectivity index (χ2v) is 5.33. The van der Waals surface area contributed by atoms with Crippen LogP contribution in [0.3, 0.4) is 0 Å². The molecule has 2 rings (SSSR count). The summed E-state index contributed by atoms with van der Waals surface area (Å²) in [6.45, 7) is 7.32. The van der Waals surface area contributed by atoms with E-state index in [1.54, 1.807) is 6.33 Å². The number of carbonyl (C=O) groups is 1. The summed E-state index contributed by atoms with van der Waals surface area (Å²) >= 11 is 0. The van der Waals surface area contributed by atoms with E-state index < -0.39 is 0 Å². The number of aromatic nitrogens is 2. The molecule has 1 aromatic heterocycles. The fourth-order valence-corrected chi connectivity index (χ4v) is 2.24. The molecule has 0 aliphatic carbocycles. The SMILES string of the molecule is CC(C)CNC(=O)Cn1cncc1C1CCNC1. The van der Waals surface area contributed by atoms with E-state index in [4.69, 9.17) is 0 Å². The number of imidazole rings is 1. The molecule has 1 unspecified atom stereocenters. The van der Waals surface area contributed by atoms with Crippen molar-refractivity contribution >= 4 is 5.91 Å². The zero-order chi connectivity index (χ0) is 13.0. The Morgan fingerprint density at radius 2 is 2.50 bits per heavy atom. The number of nitrogens with one attached hydrogen (secondary N) is 2. The topological polar surface area (TPSA) is 59.0 Å². The first kappa shape index (κ1) is 13.1. The lowest BCUT2D eigenvalue weighted by Gasteiger charge is -2.13. The van der Waals surface area contributed by atoms with Gasteiger partial charge >= 0.3 is 0 Å². The molecule has 5 heteroatoms. The molecular weight excluding hydrogens is 228 g/mol. The number of carbonyl (C=O) groups excluding carboxylic acids is 1. The molecule has 0 radical (unpaired) electrons. The summed E-state index contributed by atoms with van der Waals surface area (Å²) in [5.41, 5.74) is 1.17. The van der Waals surface area contributed by atoms with Crippen LogP contribution in [0, 0.1) is 5.92 Å². The van der Waals surface area contributed by atoms with Gasteiger partial charge in [-0.2, -0.15) is 0 Å². The van der Waals surface area contributed by atoms with E-state index in [1.807, 2.05) is 10.8 Å². The van der Waals surface area contributed by atoms with E-state index in [2.05, 4.69) is 29.5 Å². The Bertz CT molecular complexity index is 393. The van der Waals surface area contributed by atoms with E-state index in [9.17, 15) is 4.79 Å².